The number of benzene rings is 1. The highest BCUT2D eigenvalue weighted by molar-refractivity contribution is 5.31. The van der Waals surface area contributed by atoms with Crippen molar-refractivity contribution in [2.45, 2.75) is 40.5 Å². The molecule has 0 heteroatoms. The van der Waals surface area contributed by atoms with Gasteiger partial charge in [0.1, 0.15) is 0 Å². The van der Waals surface area contributed by atoms with Gasteiger partial charge in [-0.3, -0.25) is 0 Å². The minimum atomic E-state index is 0. The predicted molar refractivity (Wildman–Crippen MR) is 56.6 cm³/mol. The average molecular weight is 164 g/mol. The first-order chi connectivity index (χ1) is 5.02. The Morgan fingerprint density at radius 2 is 1.50 bits per heavy atom. The molecule has 0 bridgehead atoms. The van der Waals surface area contributed by atoms with E-state index in [1.54, 1.807) is 0 Å². The maximum Gasteiger partial charge on any atom is -0.0129 e. The third-order valence-corrected chi connectivity index (χ3v) is 1.95. The molecule has 0 heterocycles. The Kier molecular flexibility index (Phi) is 3.51. The summed E-state index contributed by atoms with van der Waals surface area (Å²) in [5.41, 5.74) is 3.12. The molecule has 0 atom stereocenters. The molecule has 0 spiro atoms. The van der Waals surface area contributed by atoms with Crippen molar-refractivity contribution in [3.63, 3.8) is 0 Å². The summed E-state index contributed by atoms with van der Waals surface area (Å²) in [5.74, 6) is 0. The van der Waals surface area contributed by atoms with Gasteiger partial charge < -0.3 is 0 Å². The molecule has 0 aliphatic carbocycles. The van der Waals surface area contributed by atoms with Crippen molar-refractivity contribution in [2.75, 3.05) is 0 Å². The van der Waals surface area contributed by atoms with Gasteiger partial charge >= 0.3 is 0 Å². The maximum absolute atomic E-state index is 2.25. The summed E-state index contributed by atoms with van der Waals surface area (Å²) < 4.78 is 0. The van der Waals surface area contributed by atoms with E-state index in [2.05, 4.69) is 52.0 Å². The van der Waals surface area contributed by atoms with Gasteiger partial charge in [-0.2, -0.15) is 0 Å². The van der Waals surface area contributed by atoms with Crippen LogP contribution in [0, 0.1) is 6.92 Å². The highest BCUT2D eigenvalue weighted by Crippen LogP contribution is 2.24. The van der Waals surface area contributed by atoms with Crippen molar-refractivity contribution in [1.82, 2.24) is 0 Å². The van der Waals surface area contributed by atoms with Crippen LogP contribution >= 0.6 is 0 Å². The van der Waals surface area contributed by atoms with Crippen molar-refractivity contribution in [3.8, 4) is 0 Å². The highest BCUT2D eigenvalue weighted by Gasteiger charge is 2.14. The fourth-order valence-corrected chi connectivity index (χ4v) is 1.41. The van der Waals surface area contributed by atoms with Crippen molar-refractivity contribution in [2.24, 2.45) is 0 Å². The summed E-state index contributed by atoms with van der Waals surface area (Å²) in [4.78, 5) is 0. The number of aryl methyl sites for hydroxylation is 1. The van der Waals surface area contributed by atoms with E-state index in [1.165, 1.54) is 11.1 Å². The SMILES string of the molecule is C.Cc1ccccc1C(C)(C)C. The summed E-state index contributed by atoms with van der Waals surface area (Å²) in [6.07, 6.45) is 0. The van der Waals surface area contributed by atoms with Gasteiger partial charge in [0.15, 0.2) is 0 Å². The zero-order chi connectivity index (χ0) is 8.48. The van der Waals surface area contributed by atoms with E-state index in [1.807, 2.05) is 0 Å². The van der Waals surface area contributed by atoms with Crippen LogP contribution in [0.25, 0.3) is 0 Å². The summed E-state index contributed by atoms with van der Waals surface area (Å²) >= 11 is 0. The van der Waals surface area contributed by atoms with Gasteiger partial charge in [-0.1, -0.05) is 52.5 Å². The fourth-order valence-electron chi connectivity index (χ4n) is 1.41. The molecular formula is C12H20. The minimum Gasteiger partial charge on any atom is -0.0776 e. The monoisotopic (exact) mass is 164 g/mol. The molecule has 0 radical (unpaired) electrons. The summed E-state index contributed by atoms with van der Waals surface area (Å²) in [6, 6.07) is 8.56. The van der Waals surface area contributed by atoms with Gasteiger partial charge in [0.05, 0.1) is 0 Å². The van der Waals surface area contributed by atoms with Gasteiger partial charge in [0.25, 0.3) is 0 Å². The Morgan fingerprint density at radius 1 is 1.00 bits per heavy atom. The molecule has 0 saturated heterocycles. The van der Waals surface area contributed by atoms with Crippen LogP contribution in [-0.4, -0.2) is 0 Å². The second-order valence-corrected chi connectivity index (χ2v) is 4.06. The van der Waals surface area contributed by atoms with E-state index in [0.29, 0.717) is 0 Å². The summed E-state index contributed by atoms with van der Waals surface area (Å²) in [5, 5.41) is 0. The van der Waals surface area contributed by atoms with Crippen molar-refractivity contribution < 1.29 is 0 Å². The predicted octanol–water partition coefficient (Wildman–Crippen LogP) is 3.93. The lowest BCUT2D eigenvalue weighted by Crippen LogP contribution is -2.12. The van der Waals surface area contributed by atoms with Crippen LogP contribution in [0.2, 0.25) is 0 Å². The molecule has 0 unspecified atom stereocenters. The Hall–Kier alpha value is -0.780. The average Bonchev–Trinajstić information content (AvgIpc) is 1.86. The van der Waals surface area contributed by atoms with E-state index >= 15 is 0 Å². The number of hydrogen-bond acceptors (Lipinski definition) is 0. The molecule has 68 valence electrons. The second kappa shape index (κ2) is 3.75. The van der Waals surface area contributed by atoms with E-state index < -0.39 is 0 Å². The number of rotatable bonds is 0. The molecule has 0 nitrogen and oxygen atoms in total. The lowest BCUT2D eigenvalue weighted by atomic mass is 9.84. The van der Waals surface area contributed by atoms with Gasteiger partial charge in [-0.15, -0.1) is 0 Å². The Bertz CT molecular complexity index is 240. The van der Waals surface area contributed by atoms with Gasteiger partial charge in [-0.25, -0.2) is 0 Å². The molecular weight excluding hydrogens is 144 g/mol. The van der Waals surface area contributed by atoms with Gasteiger partial charge in [-0.05, 0) is 23.5 Å². The van der Waals surface area contributed by atoms with Crippen molar-refractivity contribution >= 4 is 0 Å². The molecule has 0 aliphatic rings. The zero-order valence-corrected chi connectivity index (χ0v) is 7.81. The first kappa shape index (κ1) is 11.2. The van der Waals surface area contributed by atoms with Crippen LogP contribution in [0.1, 0.15) is 39.3 Å². The lowest BCUT2D eigenvalue weighted by Gasteiger charge is -2.21. The van der Waals surface area contributed by atoms with E-state index in [9.17, 15) is 0 Å². The fraction of sp³-hybridized carbons (Fsp3) is 0.500. The Labute approximate surface area is 76.6 Å². The molecule has 0 aromatic heterocycles. The van der Waals surface area contributed by atoms with Crippen molar-refractivity contribution in [3.05, 3.63) is 35.4 Å². The molecule has 1 rings (SSSR count). The largest absolute Gasteiger partial charge is 0.0776 e. The minimum absolute atomic E-state index is 0. The smallest absolute Gasteiger partial charge is 0.0129 e. The van der Waals surface area contributed by atoms with Crippen LogP contribution < -0.4 is 0 Å². The third-order valence-electron chi connectivity index (χ3n) is 1.95. The third kappa shape index (κ3) is 2.37. The van der Waals surface area contributed by atoms with E-state index in [0.717, 1.165) is 0 Å². The van der Waals surface area contributed by atoms with Gasteiger partial charge in [0.2, 0.25) is 0 Å². The first-order valence-electron chi connectivity index (χ1n) is 4.08. The number of hydrogen-bond donors (Lipinski definition) is 0. The summed E-state index contributed by atoms with van der Waals surface area (Å²) in [7, 11) is 0. The standard InChI is InChI=1S/C11H16.CH4/c1-9-7-5-6-8-10(9)11(2,3)4;/h5-8H,1-4H3;1H4. The first-order valence-corrected chi connectivity index (χ1v) is 4.08. The molecule has 0 N–H and O–H groups in total. The van der Waals surface area contributed by atoms with Crippen molar-refractivity contribution in [1.29, 1.82) is 0 Å². The van der Waals surface area contributed by atoms with Crippen LogP contribution in [0.5, 0.6) is 0 Å². The quantitative estimate of drug-likeness (QED) is 0.545. The molecule has 1 aromatic carbocycles. The zero-order valence-electron chi connectivity index (χ0n) is 7.81. The molecule has 1 aromatic rings. The van der Waals surface area contributed by atoms with Crippen LogP contribution in [0.15, 0.2) is 24.3 Å². The summed E-state index contributed by atoms with van der Waals surface area (Å²) in [6.45, 7) is 8.90. The normalized spacial score (nSPS) is 10.7. The highest BCUT2D eigenvalue weighted by atomic mass is 14.2. The van der Waals surface area contributed by atoms with Crippen LogP contribution in [0.3, 0.4) is 0 Å². The Morgan fingerprint density at radius 3 is 1.83 bits per heavy atom. The van der Waals surface area contributed by atoms with Crippen LogP contribution in [-0.2, 0) is 5.41 Å². The van der Waals surface area contributed by atoms with Crippen LogP contribution in [0.4, 0.5) is 0 Å². The molecule has 0 amide bonds. The Balaban J connectivity index is 0.00000121. The van der Waals surface area contributed by atoms with E-state index in [-0.39, 0.29) is 12.8 Å². The molecule has 0 aliphatic heterocycles. The molecule has 12 heavy (non-hydrogen) atoms. The van der Waals surface area contributed by atoms with Gasteiger partial charge in [0, 0.05) is 0 Å². The maximum atomic E-state index is 2.25. The van der Waals surface area contributed by atoms with E-state index in [4.69, 9.17) is 0 Å². The molecule has 0 fully saturated rings. The second-order valence-electron chi connectivity index (χ2n) is 4.06. The topological polar surface area (TPSA) is 0 Å². The lowest BCUT2D eigenvalue weighted by molar-refractivity contribution is 0.586. The molecule has 0 saturated carbocycles.